The van der Waals surface area contributed by atoms with Gasteiger partial charge in [0, 0.05) is 17.4 Å². The molecule has 0 spiro atoms. The molecular formula is C18H28N2O2. The van der Waals surface area contributed by atoms with Crippen LogP contribution in [0.3, 0.4) is 0 Å². The number of carbonyl (C=O) groups is 1. The van der Waals surface area contributed by atoms with Crippen LogP contribution in [0, 0.1) is 0 Å². The van der Waals surface area contributed by atoms with E-state index in [2.05, 4.69) is 10.6 Å². The van der Waals surface area contributed by atoms with Crippen LogP contribution in [-0.2, 0) is 4.74 Å². The summed E-state index contributed by atoms with van der Waals surface area (Å²) in [5, 5.41) is 6.35. The molecule has 1 fully saturated rings. The minimum atomic E-state index is -0.481. The van der Waals surface area contributed by atoms with Crippen LogP contribution in [0.5, 0.6) is 0 Å². The summed E-state index contributed by atoms with van der Waals surface area (Å²) in [5.41, 5.74) is 1.38. The topological polar surface area (TPSA) is 50.4 Å². The summed E-state index contributed by atoms with van der Waals surface area (Å²) in [6, 6.07) is 8.41. The van der Waals surface area contributed by atoms with Gasteiger partial charge in [0.1, 0.15) is 5.60 Å². The molecule has 0 radical (unpaired) electrons. The van der Waals surface area contributed by atoms with Gasteiger partial charge >= 0.3 is 6.09 Å². The maximum atomic E-state index is 11.7. The molecule has 1 saturated carbocycles. The molecule has 1 aliphatic rings. The van der Waals surface area contributed by atoms with Crippen molar-refractivity contribution in [2.45, 2.75) is 70.9 Å². The number of anilines is 2. The molecule has 1 aromatic carbocycles. The molecule has 4 nitrogen and oxygen atoms in total. The number of nitrogens with one attached hydrogen (secondary N) is 2. The minimum absolute atomic E-state index is 0.419. The molecule has 0 saturated heterocycles. The van der Waals surface area contributed by atoms with E-state index >= 15 is 0 Å². The first-order valence-corrected chi connectivity index (χ1v) is 8.29. The highest BCUT2D eigenvalue weighted by Crippen LogP contribution is 2.22. The number of hydrogen-bond acceptors (Lipinski definition) is 3. The smallest absolute Gasteiger partial charge is 0.412 e. The molecule has 0 unspecified atom stereocenters. The summed E-state index contributed by atoms with van der Waals surface area (Å²) in [4.78, 5) is 11.7. The molecule has 1 aliphatic carbocycles. The van der Waals surface area contributed by atoms with Gasteiger partial charge < -0.3 is 10.1 Å². The van der Waals surface area contributed by atoms with Gasteiger partial charge in [-0.2, -0.15) is 0 Å². The Bertz CT molecular complexity index is 469. The molecule has 0 atom stereocenters. The number of carbonyl (C=O) groups excluding carboxylic acids is 1. The van der Waals surface area contributed by atoms with E-state index in [4.69, 9.17) is 4.74 Å². The van der Waals surface area contributed by atoms with Crippen LogP contribution in [0.15, 0.2) is 24.3 Å². The first-order chi connectivity index (χ1) is 10.4. The fourth-order valence-corrected chi connectivity index (χ4v) is 2.73. The Morgan fingerprint density at radius 1 is 1.00 bits per heavy atom. The molecule has 0 aliphatic heterocycles. The van der Waals surface area contributed by atoms with E-state index in [1.807, 2.05) is 45.0 Å². The van der Waals surface area contributed by atoms with Gasteiger partial charge in [0.25, 0.3) is 0 Å². The highest BCUT2D eigenvalue weighted by molar-refractivity contribution is 5.85. The van der Waals surface area contributed by atoms with Gasteiger partial charge in [-0.05, 0) is 57.9 Å². The van der Waals surface area contributed by atoms with Gasteiger partial charge in [0.05, 0.1) is 0 Å². The molecule has 1 amide bonds. The molecule has 2 rings (SSSR count). The van der Waals surface area contributed by atoms with Crippen molar-refractivity contribution in [3.8, 4) is 0 Å². The van der Waals surface area contributed by atoms with Gasteiger partial charge in [0.15, 0.2) is 0 Å². The highest BCUT2D eigenvalue weighted by Gasteiger charge is 2.16. The van der Waals surface area contributed by atoms with Crippen LogP contribution in [0.25, 0.3) is 0 Å². The van der Waals surface area contributed by atoms with Crippen molar-refractivity contribution in [2.75, 3.05) is 10.6 Å². The maximum Gasteiger partial charge on any atom is 0.412 e. The zero-order valence-electron chi connectivity index (χ0n) is 13.9. The van der Waals surface area contributed by atoms with Crippen LogP contribution >= 0.6 is 0 Å². The number of amides is 1. The molecule has 0 bridgehead atoms. The summed E-state index contributed by atoms with van der Waals surface area (Å²) >= 11 is 0. The predicted octanol–water partition coefficient (Wildman–Crippen LogP) is 5.17. The van der Waals surface area contributed by atoms with Gasteiger partial charge in [-0.15, -0.1) is 0 Å². The second-order valence-corrected chi connectivity index (χ2v) is 7.04. The number of hydrogen-bond donors (Lipinski definition) is 2. The third-order valence-electron chi connectivity index (χ3n) is 3.76. The lowest BCUT2D eigenvalue weighted by Crippen LogP contribution is -2.27. The molecule has 22 heavy (non-hydrogen) atoms. The third kappa shape index (κ3) is 5.96. The second-order valence-electron chi connectivity index (χ2n) is 7.04. The second kappa shape index (κ2) is 7.52. The van der Waals surface area contributed by atoms with E-state index < -0.39 is 11.7 Å². The fraction of sp³-hybridized carbons (Fsp3) is 0.611. The number of ether oxygens (including phenoxy) is 1. The summed E-state index contributed by atoms with van der Waals surface area (Å²) in [7, 11) is 0. The van der Waals surface area contributed by atoms with Crippen LogP contribution in [0.4, 0.5) is 16.2 Å². The van der Waals surface area contributed by atoms with Crippen LogP contribution in [-0.4, -0.2) is 17.7 Å². The number of rotatable bonds is 3. The van der Waals surface area contributed by atoms with Crippen LogP contribution in [0.1, 0.15) is 59.3 Å². The number of benzene rings is 1. The van der Waals surface area contributed by atoms with Gasteiger partial charge in [-0.3, -0.25) is 5.32 Å². The van der Waals surface area contributed by atoms with E-state index in [1.54, 1.807) is 0 Å². The average Bonchev–Trinajstić information content (AvgIpc) is 2.67. The van der Waals surface area contributed by atoms with E-state index in [1.165, 1.54) is 38.5 Å². The standard InChI is InChI=1S/C18H28N2O2/c1-18(2,3)22-17(21)20-16-12-10-15(11-13-16)19-14-8-6-4-5-7-9-14/h10-14,19H,4-9H2,1-3H3,(H,20,21). The van der Waals surface area contributed by atoms with Gasteiger partial charge in [-0.25, -0.2) is 4.79 Å². The quantitative estimate of drug-likeness (QED) is 0.758. The average molecular weight is 304 g/mol. The van der Waals surface area contributed by atoms with Crippen molar-refractivity contribution < 1.29 is 9.53 Å². The lowest BCUT2D eigenvalue weighted by atomic mass is 10.1. The van der Waals surface area contributed by atoms with Crippen molar-refractivity contribution in [3.05, 3.63) is 24.3 Å². The van der Waals surface area contributed by atoms with E-state index in [-0.39, 0.29) is 0 Å². The highest BCUT2D eigenvalue weighted by atomic mass is 16.6. The van der Waals surface area contributed by atoms with Crippen molar-refractivity contribution in [2.24, 2.45) is 0 Å². The van der Waals surface area contributed by atoms with Gasteiger partial charge in [-0.1, -0.05) is 25.7 Å². The first kappa shape index (κ1) is 16.7. The normalized spacial score (nSPS) is 16.7. The Kier molecular flexibility index (Phi) is 5.69. The Morgan fingerprint density at radius 2 is 1.55 bits per heavy atom. The summed E-state index contributed by atoms with van der Waals surface area (Å²) in [6.07, 6.45) is 7.42. The zero-order chi connectivity index (χ0) is 16.0. The Labute approximate surface area is 133 Å². The SMILES string of the molecule is CC(C)(C)OC(=O)Nc1ccc(NC2CCCCCC2)cc1. The van der Waals surface area contributed by atoms with Gasteiger partial charge in [0.2, 0.25) is 0 Å². The molecule has 122 valence electrons. The monoisotopic (exact) mass is 304 g/mol. The van der Waals surface area contributed by atoms with E-state index in [0.717, 1.165) is 11.4 Å². The Hall–Kier alpha value is -1.71. The maximum absolute atomic E-state index is 11.7. The lowest BCUT2D eigenvalue weighted by Gasteiger charge is -2.20. The van der Waals surface area contributed by atoms with Crippen LogP contribution < -0.4 is 10.6 Å². The Balaban J connectivity index is 1.85. The summed E-state index contributed by atoms with van der Waals surface area (Å²) in [6.45, 7) is 5.56. The summed E-state index contributed by atoms with van der Waals surface area (Å²) in [5.74, 6) is 0. The predicted molar refractivity (Wildman–Crippen MR) is 91.4 cm³/mol. The largest absolute Gasteiger partial charge is 0.444 e. The van der Waals surface area contributed by atoms with Crippen molar-refractivity contribution in [3.63, 3.8) is 0 Å². The van der Waals surface area contributed by atoms with Crippen molar-refractivity contribution in [1.29, 1.82) is 0 Å². The molecular weight excluding hydrogens is 276 g/mol. The molecule has 1 aromatic rings. The summed E-state index contributed by atoms with van der Waals surface area (Å²) < 4.78 is 5.24. The zero-order valence-corrected chi connectivity index (χ0v) is 13.9. The molecule has 0 heterocycles. The van der Waals surface area contributed by atoms with E-state index in [9.17, 15) is 4.79 Å². The third-order valence-corrected chi connectivity index (χ3v) is 3.76. The molecule has 4 heteroatoms. The van der Waals surface area contributed by atoms with Crippen molar-refractivity contribution in [1.82, 2.24) is 0 Å². The van der Waals surface area contributed by atoms with Crippen molar-refractivity contribution >= 4 is 17.5 Å². The van der Waals surface area contributed by atoms with Crippen LogP contribution in [0.2, 0.25) is 0 Å². The molecule has 0 aromatic heterocycles. The molecule has 2 N–H and O–H groups in total. The van der Waals surface area contributed by atoms with E-state index in [0.29, 0.717) is 6.04 Å². The fourth-order valence-electron chi connectivity index (χ4n) is 2.73. The lowest BCUT2D eigenvalue weighted by molar-refractivity contribution is 0.0636. The Morgan fingerprint density at radius 3 is 2.09 bits per heavy atom. The first-order valence-electron chi connectivity index (χ1n) is 8.29. The minimum Gasteiger partial charge on any atom is -0.444 e.